The molecule has 0 unspecified atom stereocenters. The molecule has 0 radical (unpaired) electrons. The summed E-state index contributed by atoms with van der Waals surface area (Å²) in [4.78, 5) is 9.93. The quantitative estimate of drug-likeness (QED) is 0.183. The van der Waals surface area contributed by atoms with E-state index in [0.717, 1.165) is 39.1 Å². The van der Waals surface area contributed by atoms with Gasteiger partial charge in [-0.1, -0.05) is 96.6 Å². The fourth-order valence-electron chi connectivity index (χ4n) is 6.32. The number of benzene rings is 6. The molecule has 0 amide bonds. The summed E-state index contributed by atoms with van der Waals surface area (Å²) in [5, 5.41) is 12.3. The zero-order valence-electron chi connectivity index (χ0n) is 26.6. The number of aliphatic imine (C=N–C) groups is 1. The van der Waals surface area contributed by atoms with E-state index in [2.05, 4.69) is 69.3 Å². The third-order valence-corrected chi connectivity index (χ3v) is 8.34. The molecule has 0 aliphatic heterocycles. The first-order valence-corrected chi connectivity index (χ1v) is 15.7. The van der Waals surface area contributed by atoms with Crippen LogP contribution >= 0.6 is 0 Å². The Kier molecular flexibility index (Phi) is 8.07. The van der Waals surface area contributed by atoms with Crippen molar-refractivity contribution < 1.29 is 9.84 Å². The van der Waals surface area contributed by atoms with E-state index in [-0.39, 0.29) is 5.75 Å². The molecule has 228 valence electrons. The van der Waals surface area contributed by atoms with Crippen LogP contribution in [0.4, 0.5) is 5.69 Å². The average molecular weight is 611 g/mol. The highest BCUT2D eigenvalue weighted by Crippen LogP contribution is 2.40. The lowest BCUT2D eigenvalue weighted by molar-refractivity contribution is 0.481. The fraction of sp³-hybridized carbons (Fsp3) is 0.0698. The Morgan fingerprint density at radius 2 is 1.34 bits per heavy atom. The maximum atomic E-state index is 10.6. The molecule has 0 aliphatic carbocycles. The highest BCUT2D eigenvalue weighted by atomic mass is 16.5. The second-order valence-electron chi connectivity index (χ2n) is 11.8. The number of aromatic nitrogens is 1. The molecule has 1 N–H and O–H groups in total. The van der Waals surface area contributed by atoms with Gasteiger partial charge in [0.1, 0.15) is 17.2 Å². The first kappa shape index (κ1) is 29.7. The van der Waals surface area contributed by atoms with Crippen molar-refractivity contribution in [1.29, 1.82) is 0 Å². The van der Waals surface area contributed by atoms with Gasteiger partial charge in [0, 0.05) is 10.9 Å². The lowest BCUT2D eigenvalue weighted by Crippen LogP contribution is -1.97. The predicted octanol–water partition coefficient (Wildman–Crippen LogP) is 11.4. The average Bonchev–Trinajstić information content (AvgIpc) is 3.08. The molecule has 0 saturated heterocycles. The maximum absolute atomic E-state index is 10.6. The van der Waals surface area contributed by atoms with Crippen molar-refractivity contribution in [3.63, 3.8) is 0 Å². The van der Waals surface area contributed by atoms with Crippen molar-refractivity contribution in [3.05, 3.63) is 162 Å². The number of pyridine rings is 1. The molecule has 0 spiro atoms. The molecule has 1 heterocycles. The van der Waals surface area contributed by atoms with E-state index in [0.29, 0.717) is 22.5 Å². The van der Waals surface area contributed by atoms with Gasteiger partial charge in [-0.05, 0) is 108 Å². The number of fused-ring (bicyclic) bond motifs is 1. The van der Waals surface area contributed by atoms with Gasteiger partial charge in [0.05, 0.1) is 23.3 Å². The number of rotatable bonds is 7. The maximum Gasteiger partial charge on any atom is 0.137 e. The number of nitrogens with zero attached hydrogens (tertiary/aromatic N) is 2. The predicted molar refractivity (Wildman–Crippen MR) is 194 cm³/mol. The van der Waals surface area contributed by atoms with Crippen LogP contribution in [0.5, 0.6) is 17.2 Å². The van der Waals surface area contributed by atoms with Crippen LogP contribution < -0.4 is 4.74 Å². The SMILES string of the molecule is Cc1cc(C)c(-c2ccc(-c3cc(-c4ccccc4)cc(C=Nc4cccc5cccc(O)c45)n3)c(Oc3ccccc3)c2)c(C)c1. The minimum Gasteiger partial charge on any atom is -0.507 e. The highest BCUT2D eigenvalue weighted by molar-refractivity contribution is 5.99. The molecule has 4 nitrogen and oxygen atoms in total. The van der Waals surface area contributed by atoms with E-state index >= 15 is 0 Å². The van der Waals surface area contributed by atoms with Crippen LogP contribution in [-0.4, -0.2) is 16.3 Å². The molecule has 1 aromatic heterocycles. The van der Waals surface area contributed by atoms with Crippen molar-refractivity contribution in [2.24, 2.45) is 4.99 Å². The number of aryl methyl sites for hydroxylation is 3. The summed E-state index contributed by atoms with van der Waals surface area (Å²) < 4.78 is 6.60. The molecule has 7 aromatic rings. The highest BCUT2D eigenvalue weighted by Gasteiger charge is 2.16. The molecule has 6 aromatic carbocycles. The molecule has 47 heavy (non-hydrogen) atoms. The molecule has 7 rings (SSSR count). The summed E-state index contributed by atoms with van der Waals surface area (Å²) in [6, 6.07) is 46.4. The first-order chi connectivity index (χ1) is 22.9. The summed E-state index contributed by atoms with van der Waals surface area (Å²) in [7, 11) is 0. The Bertz CT molecular complexity index is 2230. The Morgan fingerprint density at radius 3 is 2.09 bits per heavy atom. The van der Waals surface area contributed by atoms with Crippen LogP contribution in [0.1, 0.15) is 22.4 Å². The van der Waals surface area contributed by atoms with Crippen LogP contribution in [0.15, 0.2) is 145 Å². The van der Waals surface area contributed by atoms with E-state index < -0.39 is 0 Å². The lowest BCUT2D eigenvalue weighted by atomic mass is 9.92. The summed E-state index contributed by atoms with van der Waals surface area (Å²) in [5.74, 6) is 1.66. The van der Waals surface area contributed by atoms with E-state index in [1.807, 2.05) is 84.9 Å². The summed E-state index contributed by atoms with van der Waals surface area (Å²) >= 11 is 0. The van der Waals surface area contributed by atoms with Crippen molar-refractivity contribution in [2.75, 3.05) is 0 Å². The summed E-state index contributed by atoms with van der Waals surface area (Å²) in [6.07, 6.45) is 1.77. The minimum absolute atomic E-state index is 0.198. The molecule has 0 fully saturated rings. The van der Waals surface area contributed by atoms with Gasteiger partial charge in [0.15, 0.2) is 0 Å². The lowest BCUT2D eigenvalue weighted by Gasteiger charge is -2.17. The third kappa shape index (κ3) is 6.27. The fourth-order valence-corrected chi connectivity index (χ4v) is 6.32. The molecule has 0 bridgehead atoms. The van der Waals surface area contributed by atoms with Crippen LogP contribution in [0.3, 0.4) is 0 Å². The summed E-state index contributed by atoms with van der Waals surface area (Å²) in [6.45, 7) is 6.45. The number of phenols is 1. The Hall–Kier alpha value is -6.00. The van der Waals surface area contributed by atoms with Gasteiger partial charge in [-0.3, -0.25) is 4.99 Å². The van der Waals surface area contributed by atoms with Gasteiger partial charge in [0.2, 0.25) is 0 Å². The van der Waals surface area contributed by atoms with E-state index in [1.165, 1.54) is 22.3 Å². The molecule has 0 saturated carbocycles. The van der Waals surface area contributed by atoms with Gasteiger partial charge in [0.25, 0.3) is 0 Å². The second-order valence-corrected chi connectivity index (χ2v) is 11.8. The number of hydrogen-bond donors (Lipinski definition) is 1. The Labute approximate surface area is 275 Å². The largest absolute Gasteiger partial charge is 0.507 e. The molecular weight excluding hydrogens is 576 g/mol. The molecule has 0 aliphatic rings. The Morgan fingerprint density at radius 1 is 0.638 bits per heavy atom. The normalized spacial score (nSPS) is 11.3. The van der Waals surface area contributed by atoms with E-state index in [4.69, 9.17) is 14.7 Å². The standard InChI is InChI=1S/C43H34N2O2/c1-28-22-29(2)42(30(3)23-28)33-20-21-37(41(26-33)47-36-16-8-5-9-17-36)39-25-34(31-12-6-4-7-13-31)24-35(45-39)27-44-38-18-10-14-32-15-11-19-40(46)43(32)38/h4-27,46H,1-3H3. The van der Waals surface area contributed by atoms with Crippen LogP contribution in [0.25, 0.3) is 44.3 Å². The van der Waals surface area contributed by atoms with Crippen molar-refractivity contribution in [1.82, 2.24) is 4.98 Å². The van der Waals surface area contributed by atoms with Crippen molar-refractivity contribution in [3.8, 4) is 50.8 Å². The zero-order chi connectivity index (χ0) is 32.3. The summed E-state index contributed by atoms with van der Waals surface area (Å²) in [5.41, 5.74) is 11.1. The van der Waals surface area contributed by atoms with Gasteiger partial charge in [-0.25, -0.2) is 4.98 Å². The van der Waals surface area contributed by atoms with E-state index in [1.54, 1.807) is 12.3 Å². The topological polar surface area (TPSA) is 54.7 Å². The first-order valence-electron chi connectivity index (χ1n) is 15.7. The van der Waals surface area contributed by atoms with Crippen LogP contribution in [0, 0.1) is 20.8 Å². The number of phenolic OH excluding ortho intramolecular Hbond substituents is 1. The smallest absolute Gasteiger partial charge is 0.137 e. The minimum atomic E-state index is 0.198. The van der Waals surface area contributed by atoms with Crippen LogP contribution in [0.2, 0.25) is 0 Å². The zero-order valence-corrected chi connectivity index (χ0v) is 26.6. The monoisotopic (exact) mass is 610 g/mol. The Balaban J connectivity index is 1.39. The number of aromatic hydroxyl groups is 1. The second kappa shape index (κ2) is 12.8. The van der Waals surface area contributed by atoms with E-state index in [9.17, 15) is 5.11 Å². The molecule has 4 heteroatoms. The van der Waals surface area contributed by atoms with Crippen molar-refractivity contribution >= 4 is 22.7 Å². The third-order valence-electron chi connectivity index (χ3n) is 8.34. The number of hydrogen-bond acceptors (Lipinski definition) is 4. The van der Waals surface area contributed by atoms with Crippen LogP contribution in [-0.2, 0) is 0 Å². The van der Waals surface area contributed by atoms with Gasteiger partial charge >= 0.3 is 0 Å². The number of para-hydroxylation sites is 1. The van der Waals surface area contributed by atoms with Gasteiger partial charge in [-0.2, -0.15) is 0 Å². The number of ether oxygens (including phenoxy) is 1. The molecule has 0 atom stereocenters. The van der Waals surface area contributed by atoms with Gasteiger partial charge in [-0.15, -0.1) is 0 Å². The van der Waals surface area contributed by atoms with Crippen molar-refractivity contribution in [2.45, 2.75) is 20.8 Å². The molecular formula is C43H34N2O2. The van der Waals surface area contributed by atoms with Gasteiger partial charge < -0.3 is 9.84 Å².